The summed E-state index contributed by atoms with van der Waals surface area (Å²) in [6.45, 7) is 4.76. The van der Waals surface area contributed by atoms with Crippen LogP contribution in [0.4, 0.5) is 17.1 Å². The van der Waals surface area contributed by atoms with Gasteiger partial charge in [0, 0.05) is 38.9 Å². The second-order valence-corrected chi connectivity index (χ2v) is 15.8. The van der Waals surface area contributed by atoms with Gasteiger partial charge in [0.2, 0.25) is 0 Å². The van der Waals surface area contributed by atoms with Gasteiger partial charge in [-0.1, -0.05) is 147 Å². The third kappa shape index (κ3) is 5.40. The van der Waals surface area contributed by atoms with Crippen LogP contribution in [0.3, 0.4) is 0 Å². The Morgan fingerprint density at radius 3 is 1.65 bits per heavy atom. The predicted molar refractivity (Wildman–Crippen MR) is 241 cm³/mol. The minimum atomic E-state index is -0.197. The molecule has 57 heavy (non-hydrogen) atoms. The summed E-state index contributed by atoms with van der Waals surface area (Å²) in [5.41, 5.74) is 17.0. The molecule has 0 unspecified atom stereocenters. The maximum atomic E-state index is 2.43. The Morgan fingerprint density at radius 1 is 0.368 bits per heavy atom. The zero-order chi connectivity index (χ0) is 38.1. The smallest absolute Gasteiger partial charge is 0.0541 e. The van der Waals surface area contributed by atoms with Crippen LogP contribution in [0.2, 0.25) is 0 Å². The van der Waals surface area contributed by atoms with Gasteiger partial charge in [-0.25, -0.2) is 0 Å². The maximum Gasteiger partial charge on any atom is 0.0541 e. The largest absolute Gasteiger partial charge is 0.310 e. The Morgan fingerprint density at radius 2 is 0.912 bits per heavy atom. The minimum absolute atomic E-state index is 0.197. The monoisotopic (exact) mass is 728 g/mol. The van der Waals surface area contributed by atoms with Crippen LogP contribution < -0.4 is 4.90 Å². The molecule has 0 N–H and O–H groups in total. The number of anilines is 3. The summed E-state index contributed by atoms with van der Waals surface area (Å²) in [5, 5.41) is 5.08. The van der Waals surface area contributed by atoms with Gasteiger partial charge in [-0.3, -0.25) is 0 Å². The molecule has 0 saturated heterocycles. The van der Waals surface area contributed by atoms with Crippen LogP contribution in [-0.2, 0) is 5.41 Å². The highest BCUT2D eigenvalue weighted by Gasteiger charge is 2.36. The van der Waals surface area contributed by atoms with Crippen molar-refractivity contribution in [3.05, 3.63) is 217 Å². The number of para-hydroxylation sites is 3. The number of nitrogens with zero attached hydrogens (tertiary/aromatic N) is 2. The molecule has 0 atom stereocenters. The van der Waals surface area contributed by atoms with Gasteiger partial charge in [0.05, 0.1) is 11.0 Å². The third-order valence-electron chi connectivity index (χ3n) is 12.2. The van der Waals surface area contributed by atoms with E-state index in [2.05, 4.69) is 230 Å². The Hall–Kier alpha value is -7.16. The Balaban J connectivity index is 0.958. The molecular formula is C55H40N2. The maximum absolute atomic E-state index is 2.43. The van der Waals surface area contributed by atoms with E-state index < -0.39 is 0 Å². The second kappa shape index (κ2) is 13.0. The molecule has 1 heterocycles. The van der Waals surface area contributed by atoms with E-state index in [0.29, 0.717) is 0 Å². The van der Waals surface area contributed by atoms with Crippen molar-refractivity contribution in [1.29, 1.82) is 0 Å². The average Bonchev–Trinajstić information content (AvgIpc) is 3.72. The lowest BCUT2D eigenvalue weighted by Gasteiger charge is -2.28. The molecule has 9 aromatic carbocycles. The highest BCUT2D eigenvalue weighted by molar-refractivity contribution is 6.09. The van der Waals surface area contributed by atoms with Gasteiger partial charge >= 0.3 is 0 Å². The molecule has 270 valence electrons. The molecule has 0 fully saturated rings. The molecular weight excluding hydrogens is 689 g/mol. The van der Waals surface area contributed by atoms with Crippen LogP contribution in [0.25, 0.3) is 71.6 Å². The van der Waals surface area contributed by atoms with Crippen LogP contribution in [0, 0.1) is 0 Å². The fourth-order valence-electron chi connectivity index (χ4n) is 9.27. The summed E-state index contributed by atoms with van der Waals surface area (Å²) in [6, 6.07) is 75.6. The van der Waals surface area contributed by atoms with E-state index in [1.807, 2.05) is 0 Å². The number of rotatable bonds is 6. The molecule has 1 aliphatic carbocycles. The first-order chi connectivity index (χ1) is 28.0. The van der Waals surface area contributed by atoms with Crippen LogP contribution in [0.15, 0.2) is 206 Å². The first-order valence-corrected chi connectivity index (χ1v) is 19.8. The van der Waals surface area contributed by atoms with E-state index in [1.165, 1.54) is 82.8 Å². The number of fused-ring (bicyclic) bond motifs is 7. The molecule has 0 bridgehead atoms. The van der Waals surface area contributed by atoms with E-state index in [9.17, 15) is 0 Å². The topological polar surface area (TPSA) is 8.17 Å². The number of benzene rings is 9. The van der Waals surface area contributed by atoms with Crippen LogP contribution in [-0.4, -0.2) is 4.57 Å². The lowest BCUT2D eigenvalue weighted by molar-refractivity contribution is 0.660. The molecule has 0 saturated carbocycles. The van der Waals surface area contributed by atoms with Gasteiger partial charge in [-0.2, -0.15) is 0 Å². The first kappa shape index (κ1) is 33.2. The summed E-state index contributed by atoms with van der Waals surface area (Å²) in [5.74, 6) is 0. The quantitative estimate of drug-likeness (QED) is 0.165. The molecule has 0 radical (unpaired) electrons. The Bertz CT molecular complexity index is 3100. The van der Waals surface area contributed by atoms with Crippen molar-refractivity contribution < 1.29 is 0 Å². The standard InChI is InChI=1S/C55H40N2/c1-55(2)51-35-45(29-31-47(51)48-32-30-46(36-52(48)55)57-53-21-10-8-19-49(53)50-20-9-11-22-54(50)57)56(43-17-4-3-5-18-43)44-27-25-38(26-28-44)40-15-12-16-41(33-40)42-24-23-37-13-6-7-14-39(37)34-42/h3-36H,1-2H3. The summed E-state index contributed by atoms with van der Waals surface area (Å²) >= 11 is 0. The van der Waals surface area contributed by atoms with Crippen LogP contribution in [0.1, 0.15) is 25.0 Å². The van der Waals surface area contributed by atoms with E-state index in [-0.39, 0.29) is 5.41 Å². The van der Waals surface area contributed by atoms with Gasteiger partial charge in [-0.05, 0) is 128 Å². The van der Waals surface area contributed by atoms with Crippen molar-refractivity contribution in [2.75, 3.05) is 4.90 Å². The molecule has 1 aromatic heterocycles. The minimum Gasteiger partial charge on any atom is -0.310 e. The van der Waals surface area contributed by atoms with Crippen molar-refractivity contribution in [2.24, 2.45) is 0 Å². The lowest BCUT2D eigenvalue weighted by Crippen LogP contribution is -2.17. The van der Waals surface area contributed by atoms with E-state index >= 15 is 0 Å². The summed E-state index contributed by atoms with van der Waals surface area (Å²) in [6.07, 6.45) is 0. The van der Waals surface area contributed by atoms with Crippen LogP contribution in [0.5, 0.6) is 0 Å². The van der Waals surface area contributed by atoms with Gasteiger partial charge in [0.25, 0.3) is 0 Å². The molecule has 0 aliphatic heterocycles. The number of hydrogen-bond acceptors (Lipinski definition) is 1. The Kier molecular flexibility index (Phi) is 7.55. The van der Waals surface area contributed by atoms with Crippen molar-refractivity contribution >= 4 is 49.6 Å². The molecule has 11 rings (SSSR count). The molecule has 0 spiro atoms. The SMILES string of the molecule is CC1(C)c2cc(N(c3ccccc3)c3ccc(-c4cccc(-c5ccc6ccccc6c5)c4)cc3)ccc2-c2ccc(-n3c4ccccc4c4ccccc43)cc21. The normalized spacial score (nSPS) is 12.9. The van der Waals surface area contributed by atoms with E-state index in [1.54, 1.807) is 0 Å². The van der Waals surface area contributed by atoms with Crippen molar-refractivity contribution in [1.82, 2.24) is 4.57 Å². The fraction of sp³-hybridized carbons (Fsp3) is 0.0545. The average molecular weight is 729 g/mol. The molecule has 1 aliphatic rings. The number of aromatic nitrogens is 1. The van der Waals surface area contributed by atoms with Gasteiger partial charge in [0.15, 0.2) is 0 Å². The molecule has 2 heteroatoms. The van der Waals surface area contributed by atoms with Crippen molar-refractivity contribution in [3.8, 4) is 39.1 Å². The molecule has 2 nitrogen and oxygen atoms in total. The van der Waals surface area contributed by atoms with Gasteiger partial charge in [-0.15, -0.1) is 0 Å². The van der Waals surface area contributed by atoms with Gasteiger partial charge < -0.3 is 9.47 Å². The first-order valence-electron chi connectivity index (χ1n) is 19.8. The molecule has 0 amide bonds. The lowest BCUT2D eigenvalue weighted by atomic mass is 9.82. The summed E-state index contributed by atoms with van der Waals surface area (Å²) in [4.78, 5) is 2.39. The zero-order valence-corrected chi connectivity index (χ0v) is 32.0. The van der Waals surface area contributed by atoms with E-state index in [0.717, 1.165) is 17.1 Å². The number of hydrogen-bond donors (Lipinski definition) is 0. The predicted octanol–water partition coefficient (Wildman–Crippen LogP) is 15.0. The molecule has 10 aromatic rings. The Labute approximate surface area is 333 Å². The van der Waals surface area contributed by atoms with Crippen LogP contribution >= 0.6 is 0 Å². The fourth-order valence-corrected chi connectivity index (χ4v) is 9.27. The highest BCUT2D eigenvalue weighted by atomic mass is 15.1. The second-order valence-electron chi connectivity index (χ2n) is 15.8. The summed E-state index contributed by atoms with van der Waals surface area (Å²) in [7, 11) is 0. The third-order valence-corrected chi connectivity index (χ3v) is 12.2. The van der Waals surface area contributed by atoms with Crippen molar-refractivity contribution in [3.63, 3.8) is 0 Å². The zero-order valence-electron chi connectivity index (χ0n) is 32.0. The van der Waals surface area contributed by atoms with Crippen molar-refractivity contribution in [2.45, 2.75) is 19.3 Å². The van der Waals surface area contributed by atoms with Gasteiger partial charge in [0.1, 0.15) is 0 Å². The van der Waals surface area contributed by atoms with E-state index in [4.69, 9.17) is 0 Å². The summed E-state index contributed by atoms with van der Waals surface area (Å²) < 4.78 is 2.43. The highest BCUT2D eigenvalue weighted by Crippen LogP contribution is 2.51.